The standard InChI is InChI=1S/C16H17N3S/c1-2-11-5-3-4-6-12(11)10-18-16-19-14-8-7-13(17)9-15(14)20-16/h3-9H,2,10,17H2,1H3,(H,18,19). The number of nitrogens with one attached hydrogen (secondary N) is 1. The summed E-state index contributed by atoms with van der Waals surface area (Å²) >= 11 is 1.64. The molecule has 0 aliphatic rings. The zero-order valence-electron chi connectivity index (χ0n) is 11.4. The predicted octanol–water partition coefficient (Wildman–Crippen LogP) is 4.05. The average molecular weight is 283 g/mol. The molecule has 3 aromatic rings. The van der Waals surface area contributed by atoms with E-state index in [1.165, 1.54) is 11.1 Å². The highest BCUT2D eigenvalue weighted by Gasteiger charge is 2.05. The third-order valence-electron chi connectivity index (χ3n) is 3.34. The summed E-state index contributed by atoms with van der Waals surface area (Å²) in [5.74, 6) is 0. The van der Waals surface area contributed by atoms with Crippen molar-refractivity contribution in [3.8, 4) is 0 Å². The monoisotopic (exact) mass is 283 g/mol. The van der Waals surface area contributed by atoms with Gasteiger partial charge in [-0.15, -0.1) is 0 Å². The van der Waals surface area contributed by atoms with Crippen LogP contribution >= 0.6 is 11.3 Å². The van der Waals surface area contributed by atoms with Gasteiger partial charge in [-0.25, -0.2) is 4.98 Å². The maximum Gasteiger partial charge on any atom is 0.184 e. The molecule has 0 radical (unpaired) electrons. The van der Waals surface area contributed by atoms with Crippen LogP contribution < -0.4 is 11.1 Å². The number of nitrogen functional groups attached to an aromatic ring is 1. The van der Waals surface area contributed by atoms with Crippen LogP contribution in [0, 0.1) is 0 Å². The number of aryl methyl sites for hydroxylation is 1. The van der Waals surface area contributed by atoms with E-state index in [1.807, 2.05) is 18.2 Å². The summed E-state index contributed by atoms with van der Waals surface area (Å²) in [6.45, 7) is 2.98. The molecule has 3 rings (SSSR count). The first-order valence-electron chi connectivity index (χ1n) is 6.73. The normalized spacial score (nSPS) is 10.8. The molecular formula is C16H17N3S. The fourth-order valence-electron chi connectivity index (χ4n) is 2.26. The smallest absolute Gasteiger partial charge is 0.184 e. The summed E-state index contributed by atoms with van der Waals surface area (Å²) in [7, 11) is 0. The number of nitrogens with two attached hydrogens (primary N) is 1. The molecule has 0 fully saturated rings. The van der Waals surface area contributed by atoms with Crippen molar-refractivity contribution in [2.24, 2.45) is 0 Å². The third-order valence-corrected chi connectivity index (χ3v) is 4.32. The van der Waals surface area contributed by atoms with Crippen molar-refractivity contribution in [1.29, 1.82) is 0 Å². The van der Waals surface area contributed by atoms with Crippen molar-refractivity contribution in [2.45, 2.75) is 19.9 Å². The number of hydrogen-bond donors (Lipinski definition) is 2. The van der Waals surface area contributed by atoms with Gasteiger partial charge < -0.3 is 11.1 Å². The molecule has 0 atom stereocenters. The van der Waals surface area contributed by atoms with Gasteiger partial charge >= 0.3 is 0 Å². The minimum absolute atomic E-state index is 0.782. The van der Waals surface area contributed by atoms with Crippen LogP contribution in [-0.4, -0.2) is 4.98 Å². The van der Waals surface area contributed by atoms with Gasteiger partial charge in [0.25, 0.3) is 0 Å². The lowest BCUT2D eigenvalue weighted by atomic mass is 10.1. The number of hydrogen-bond acceptors (Lipinski definition) is 4. The molecule has 20 heavy (non-hydrogen) atoms. The van der Waals surface area contributed by atoms with Crippen LogP contribution in [0.2, 0.25) is 0 Å². The SMILES string of the molecule is CCc1ccccc1CNc1nc2ccc(N)cc2s1. The van der Waals surface area contributed by atoms with Crippen molar-refractivity contribution in [2.75, 3.05) is 11.1 Å². The van der Waals surface area contributed by atoms with E-state index in [4.69, 9.17) is 5.73 Å². The molecule has 3 N–H and O–H groups in total. The van der Waals surface area contributed by atoms with Crippen LogP contribution in [0.15, 0.2) is 42.5 Å². The summed E-state index contributed by atoms with van der Waals surface area (Å²) in [4.78, 5) is 4.58. The van der Waals surface area contributed by atoms with Gasteiger partial charge in [-0.3, -0.25) is 0 Å². The molecule has 0 unspecified atom stereocenters. The minimum atomic E-state index is 0.782. The summed E-state index contributed by atoms with van der Waals surface area (Å²) < 4.78 is 1.12. The van der Waals surface area contributed by atoms with E-state index in [0.717, 1.165) is 34.0 Å². The van der Waals surface area contributed by atoms with E-state index in [-0.39, 0.29) is 0 Å². The van der Waals surface area contributed by atoms with Gasteiger partial charge in [-0.1, -0.05) is 42.5 Å². The summed E-state index contributed by atoms with van der Waals surface area (Å²) in [5.41, 5.74) is 10.3. The maximum atomic E-state index is 5.79. The highest BCUT2D eigenvalue weighted by molar-refractivity contribution is 7.22. The molecule has 0 saturated carbocycles. The number of thiazole rings is 1. The number of rotatable bonds is 4. The summed E-state index contributed by atoms with van der Waals surface area (Å²) in [6.07, 6.45) is 1.05. The van der Waals surface area contributed by atoms with Crippen molar-refractivity contribution >= 4 is 32.4 Å². The number of benzene rings is 2. The lowest BCUT2D eigenvalue weighted by Gasteiger charge is -2.07. The highest BCUT2D eigenvalue weighted by atomic mass is 32.1. The molecule has 0 bridgehead atoms. The first kappa shape index (κ1) is 12.9. The molecule has 0 saturated heterocycles. The topological polar surface area (TPSA) is 50.9 Å². The molecule has 3 nitrogen and oxygen atoms in total. The molecular weight excluding hydrogens is 266 g/mol. The minimum Gasteiger partial charge on any atom is -0.399 e. The average Bonchev–Trinajstić information content (AvgIpc) is 2.87. The van der Waals surface area contributed by atoms with Gasteiger partial charge in [0.2, 0.25) is 0 Å². The van der Waals surface area contributed by atoms with Gasteiger partial charge in [-0.2, -0.15) is 0 Å². The first-order valence-corrected chi connectivity index (χ1v) is 7.54. The van der Waals surface area contributed by atoms with Gasteiger partial charge in [0.1, 0.15) is 0 Å². The number of aromatic nitrogens is 1. The second kappa shape index (κ2) is 5.51. The summed E-state index contributed by atoms with van der Waals surface area (Å²) in [5, 5.41) is 4.35. The van der Waals surface area contributed by atoms with Crippen LogP contribution in [0.3, 0.4) is 0 Å². The molecule has 102 valence electrons. The first-order chi connectivity index (χ1) is 9.76. The Bertz CT molecular complexity index is 733. The third kappa shape index (κ3) is 2.60. The van der Waals surface area contributed by atoms with Crippen LogP contribution in [0.5, 0.6) is 0 Å². The second-order valence-corrected chi connectivity index (χ2v) is 5.75. The second-order valence-electron chi connectivity index (χ2n) is 4.72. The van der Waals surface area contributed by atoms with Gasteiger partial charge in [-0.05, 0) is 35.7 Å². The van der Waals surface area contributed by atoms with Crippen molar-refractivity contribution < 1.29 is 0 Å². The van der Waals surface area contributed by atoms with Crippen molar-refractivity contribution in [3.63, 3.8) is 0 Å². The Balaban J connectivity index is 1.79. The molecule has 1 heterocycles. The van der Waals surface area contributed by atoms with E-state index in [9.17, 15) is 0 Å². The Morgan fingerprint density at radius 3 is 2.75 bits per heavy atom. The molecule has 1 aromatic heterocycles. The van der Waals surface area contributed by atoms with Crippen LogP contribution in [0.1, 0.15) is 18.1 Å². The zero-order valence-corrected chi connectivity index (χ0v) is 12.2. The molecule has 0 aliphatic carbocycles. The van der Waals surface area contributed by atoms with Gasteiger partial charge in [0.05, 0.1) is 10.2 Å². The Morgan fingerprint density at radius 1 is 1.15 bits per heavy atom. The number of anilines is 2. The molecule has 4 heteroatoms. The van der Waals surface area contributed by atoms with E-state index in [1.54, 1.807) is 11.3 Å². The quantitative estimate of drug-likeness (QED) is 0.710. The summed E-state index contributed by atoms with van der Waals surface area (Å²) in [6, 6.07) is 14.3. The Kier molecular flexibility index (Phi) is 3.56. The van der Waals surface area contributed by atoms with E-state index in [0.29, 0.717) is 0 Å². The fraction of sp³-hybridized carbons (Fsp3) is 0.188. The Morgan fingerprint density at radius 2 is 1.95 bits per heavy atom. The van der Waals surface area contributed by atoms with Crippen LogP contribution in [0.4, 0.5) is 10.8 Å². The molecule has 2 aromatic carbocycles. The fourth-order valence-corrected chi connectivity index (χ4v) is 3.17. The molecule has 0 aliphatic heterocycles. The van der Waals surface area contributed by atoms with Crippen LogP contribution in [-0.2, 0) is 13.0 Å². The number of fused-ring (bicyclic) bond motifs is 1. The van der Waals surface area contributed by atoms with E-state index >= 15 is 0 Å². The van der Waals surface area contributed by atoms with Crippen molar-refractivity contribution in [1.82, 2.24) is 4.98 Å². The molecule has 0 spiro atoms. The van der Waals surface area contributed by atoms with Crippen LogP contribution in [0.25, 0.3) is 10.2 Å². The highest BCUT2D eigenvalue weighted by Crippen LogP contribution is 2.28. The lowest BCUT2D eigenvalue weighted by molar-refractivity contribution is 1.04. The Hall–Kier alpha value is -2.07. The van der Waals surface area contributed by atoms with E-state index < -0.39 is 0 Å². The van der Waals surface area contributed by atoms with Gasteiger partial charge in [0, 0.05) is 12.2 Å². The van der Waals surface area contributed by atoms with Crippen molar-refractivity contribution in [3.05, 3.63) is 53.6 Å². The maximum absolute atomic E-state index is 5.79. The predicted molar refractivity (Wildman–Crippen MR) is 87.2 cm³/mol. The lowest BCUT2D eigenvalue weighted by Crippen LogP contribution is -2.01. The van der Waals surface area contributed by atoms with E-state index in [2.05, 4.69) is 41.5 Å². The van der Waals surface area contributed by atoms with Gasteiger partial charge in [0.15, 0.2) is 5.13 Å². The Labute approximate surface area is 122 Å². The zero-order chi connectivity index (χ0) is 13.9. The number of nitrogens with zero attached hydrogens (tertiary/aromatic N) is 1. The largest absolute Gasteiger partial charge is 0.399 e. The molecule has 0 amide bonds.